The lowest BCUT2D eigenvalue weighted by Crippen LogP contribution is -2.43. The van der Waals surface area contributed by atoms with Crippen LogP contribution < -0.4 is 15.5 Å². The number of fused-ring (bicyclic) bond motifs is 5. The van der Waals surface area contributed by atoms with Gasteiger partial charge in [-0.15, -0.1) is 24.0 Å². The first kappa shape index (κ1) is 24.0. The monoisotopic (exact) mass is 564 g/mol. The number of nitrogens with one attached hydrogen (secondary N) is 2. The number of anilines is 1. The molecule has 178 valence electrons. The summed E-state index contributed by atoms with van der Waals surface area (Å²) in [5.41, 5.74) is 1.11. The molecule has 3 fully saturated rings. The zero-order valence-electron chi connectivity index (χ0n) is 19.1. The molecule has 2 aliphatic carbocycles. The fourth-order valence-electron chi connectivity index (χ4n) is 5.66. The summed E-state index contributed by atoms with van der Waals surface area (Å²) in [6.07, 6.45) is 9.51. The number of rotatable bonds is 7. The number of amides is 2. The average molecular weight is 564 g/mol. The summed E-state index contributed by atoms with van der Waals surface area (Å²) in [4.78, 5) is 38.6. The molecular weight excluding hydrogens is 531 g/mol. The van der Waals surface area contributed by atoms with E-state index in [-0.39, 0.29) is 59.5 Å². The summed E-state index contributed by atoms with van der Waals surface area (Å²) in [5.74, 6) is 1.97. The van der Waals surface area contributed by atoms with Crippen molar-refractivity contribution in [1.82, 2.24) is 20.5 Å². The molecule has 5 rings (SSSR count). The Morgan fingerprint density at radius 3 is 2.48 bits per heavy atom. The molecule has 2 aliphatic heterocycles. The van der Waals surface area contributed by atoms with Crippen LogP contribution in [-0.2, 0) is 16.1 Å². The van der Waals surface area contributed by atoms with E-state index in [1.54, 1.807) is 0 Å². The quantitative estimate of drug-likeness (QED) is 0.174. The molecule has 2 saturated heterocycles. The first-order valence-electron chi connectivity index (χ1n) is 11.9. The maximum Gasteiger partial charge on any atom is 0.233 e. The van der Waals surface area contributed by atoms with Gasteiger partial charge in [-0.3, -0.25) is 14.5 Å². The van der Waals surface area contributed by atoms with Crippen molar-refractivity contribution < 1.29 is 9.59 Å². The number of aliphatic imine (C=N–C) groups is 1. The number of likely N-dealkylation sites (tertiary alicyclic amines) is 1. The molecule has 33 heavy (non-hydrogen) atoms. The van der Waals surface area contributed by atoms with Gasteiger partial charge < -0.3 is 15.5 Å². The minimum Gasteiger partial charge on any atom is -0.357 e. The highest BCUT2D eigenvalue weighted by atomic mass is 127. The SMILES string of the molecule is CCNC(=NCc1ccnc(N2CCCC2)c1)NCCN1C(=O)C2C3C=CC(C3)C2C1=O.I. The second-order valence-corrected chi connectivity index (χ2v) is 9.17. The third-order valence-corrected chi connectivity index (χ3v) is 7.19. The van der Waals surface area contributed by atoms with Crippen LogP contribution in [0.2, 0.25) is 0 Å². The normalized spacial score (nSPS) is 27.8. The van der Waals surface area contributed by atoms with Crippen LogP contribution in [0.25, 0.3) is 0 Å². The lowest BCUT2D eigenvalue weighted by atomic mass is 9.85. The first-order valence-corrected chi connectivity index (χ1v) is 11.9. The average Bonchev–Trinajstić information content (AvgIpc) is 3.59. The molecule has 2 bridgehead atoms. The standard InChI is InChI=1S/C24H32N6O2.HI/c1-2-25-24(28-15-16-7-8-26-19(13-16)29-10-3-4-11-29)27-9-12-30-22(31)20-17-5-6-18(14-17)21(20)23(30)32;/h5-8,13,17-18,20-21H,2-4,9-12,14-15H2,1H3,(H2,25,27,28);1H. The Labute approximate surface area is 212 Å². The van der Waals surface area contributed by atoms with Gasteiger partial charge in [-0.25, -0.2) is 9.98 Å². The summed E-state index contributed by atoms with van der Waals surface area (Å²) in [6, 6.07) is 4.11. The minimum atomic E-state index is -0.129. The van der Waals surface area contributed by atoms with Gasteiger partial charge in [-0.1, -0.05) is 12.2 Å². The summed E-state index contributed by atoms with van der Waals surface area (Å²) < 4.78 is 0. The minimum absolute atomic E-state index is 0. The third kappa shape index (κ3) is 4.74. The predicted molar refractivity (Wildman–Crippen MR) is 138 cm³/mol. The van der Waals surface area contributed by atoms with Crippen LogP contribution in [0.5, 0.6) is 0 Å². The van der Waals surface area contributed by atoms with Crippen LogP contribution in [0, 0.1) is 23.7 Å². The Bertz CT molecular complexity index is 915. The van der Waals surface area contributed by atoms with Gasteiger partial charge in [0.1, 0.15) is 5.82 Å². The number of allylic oxidation sites excluding steroid dienone is 2. The first-order chi connectivity index (χ1) is 15.7. The molecule has 8 nitrogen and oxygen atoms in total. The van der Waals surface area contributed by atoms with Gasteiger partial charge in [0.25, 0.3) is 0 Å². The zero-order valence-corrected chi connectivity index (χ0v) is 21.4. The molecule has 2 N–H and O–H groups in total. The molecule has 1 aromatic rings. The number of guanidine groups is 1. The van der Waals surface area contributed by atoms with Crippen LogP contribution in [0.3, 0.4) is 0 Å². The molecule has 1 aromatic heterocycles. The highest BCUT2D eigenvalue weighted by Crippen LogP contribution is 2.52. The number of nitrogens with zero attached hydrogens (tertiary/aromatic N) is 4. The van der Waals surface area contributed by atoms with Crippen molar-refractivity contribution in [2.75, 3.05) is 37.6 Å². The number of imide groups is 1. The van der Waals surface area contributed by atoms with E-state index in [1.807, 2.05) is 19.2 Å². The maximum atomic E-state index is 12.8. The molecule has 4 aliphatic rings. The van der Waals surface area contributed by atoms with Gasteiger partial charge in [-0.05, 0) is 55.7 Å². The smallest absolute Gasteiger partial charge is 0.233 e. The number of pyridine rings is 1. The number of hydrogen-bond acceptors (Lipinski definition) is 5. The van der Waals surface area contributed by atoms with Gasteiger partial charge >= 0.3 is 0 Å². The summed E-state index contributed by atoms with van der Waals surface area (Å²) >= 11 is 0. The molecule has 1 saturated carbocycles. The van der Waals surface area contributed by atoms with Crippen LogP contribution in [-0.4, -0.2) is 60.4 Å². The van der Waals surface area contributed by atoms with E-state index in [2.05, 4.69) is 38.7 Å². The Kier molecular flexibility index (Phi) is 7.55. The summed E-state index contributed by atoms with van der Waals surface area (Å²) in [5, 5.41) is 6.53. The van der Waals surface area contributed by atoms with Gasteiger partial charge in [-0.2, -0.15) is 0 Å². The van der Waals surface area contributed by atoms with Crippen molar-refractivity contribution in [3.63, 3.8) is 0 Å². The lowest BCUT2D eigenvalue weighted by molar-refractivity contribution is -0.140. The number of halogens is 1. The second-order valence-electron chi connectivity index (χ2n) is 9.17. The zero-order chi connectivity index (χ0) is 22.1. The van der Waals surface area contributed by atoms with E-state index in [1.165, 1.54) is 17.7 Å². The highest BCUT2D eigenvalue weighted by Gasteiger charge is 2.58. The fraction of sp³-hybridized carbons (Fsp3) is 0.583. The van der Waals surface area contributed by atoms with Gasteiger partial charge in [0, 0.05) is 38.9 Å². The topological polar surface area (TPSA) is 89.9 Å². The number of carbonyl (C=O) groups excluding carboxylic acids is 2. The highest BCUT2D eigenvalue weighted by molar-refractivity contribution is 14.0. The van der Waals surface area contributed by atoms with E-state index in [0.717, 1.165) is 37.4 Å². The second kappa shape index (κ2) is 10.4. The van der Waals surface area contributed by atoms with E-state index >= 15 is 0 Å². The Morgan fingerprint density at radius 2 is 1.82 bits per heavy atom. The van der Waals surface area contributed by atoms with Crippen LogP contribution in [0.4, 0.5) is 5.82 Å². The fourth-order valence-corrected chi connectivity index (χ4v) is 5.66. The van der Waals surface area contributed by atoms with Gasteiger partial charge in [0.15, 0.2) is 5.96 Å². The van der Waals surface area contributed by atoms with Crippen LogP contribution in [0.15, 0.2) is 35.5 Å². The molecular formula is C24H33IN6O2. The van der Waals surface area contributed by atoms with Crippen LogP contribution >= 0.6 is 24.0 Å². The van der Waals surface area contributed by atoms with Gasteiger partial charge in [0.2, 0.25) is 11.8 Å². The molecule has 4 atom stereocenters. The van der Waals surface area contributed by atoms with Crippen molar-refractivity contribution in [1.29, 1.82) is 0 Å². The van der Waals surface area contributed by atoms with Gasteiger partial charge in [0.05, 0.1) is 18.4 Å². The van der Waals surface area contributed by atoms with E-state index in [9.17, 15) is 9.59 Å². The lowest BCUT2D eigenvalue weighted by Gasteiger charge is -2.19. The number of aromatic nitrogens is 1. The van der Waals surface area contributed by atoms with E-state index < -0.39 is 0 Å². The van der Waals surface area contributed by atoms with Crippen molar-refractivity contribution in [2.45, 2.75) is 32.7 Å². The Morgan fingerprint density at radius 1 is 1.12 bits per heavy atom. The van der Waals surface area contributed by atoms with E-state index in [0.29, 0.717) is 25.6 Å². The molecule has 0 spiro atoms. The Hall–Kier alpha value is -2.17. The predicted octanol–water partition coefficient (Wildman–Crippen LogP) is 2.16. The molecule has 0 aromatic carbocycles. The molecule has 2 amide bonds. The number of carbonyl (C=O) groups is 2. The van der Waals surface area contributed by atoms with E-state index in [4.69, 9.17) is 4.99 Å². The Balaban J connectivity index is 0.00000259. The molecule has 0 radical (unpaired) electrons. The third-order valence-electron chi connectivity index (χ3n) is 7.19. The maximum absolute atomic E-state index is 12.8. The molecule has 9 heteroatoms. The summed E-state index contributed by atoms with van der Waals surface area (Å²) in [6.45, 7) is 6.30. The van der Waals surface area contributed by atoms with Crippen molar-refractivity contribution in [3.05, 3.63) is 36.0 Å². The summed E-state index contributed by atoms with van der Waals surface area (Å²) in [7, 11) is 0. The molecule has 3 heterocycles. The van der Waals surface area contributed by atoms with Crippen molar-refractivity contribution in [3.8, 4) is 0 Å². The van der Waals surface area contributed by atoms with Crippen molar-refractivity contribution >= 4 is 47.6 Å². The largest absolute Gasteiger partial charge is 0.357 e. The molecule has 4 unspecified atom stereocenters. The van der Waals surface area contributed by atoms with Crippen LogP contribution in [0.1, 0.15) is 31.7 Å². The number of hydrogen-bond donors (Lipinski definition) is 2. The van der Waals surface area contributed by atoms with Crippen molar-refractivity contribution in [2.24, 2.45) is 28.7 Å².